The van der Waals surface area contributed by atoms with Crippen molar-refractivity contribution < 1.29 is 45.8 Å². The van der Waals surface area contributed by atoms with Gasteiger partial charge in [0.05, 0.1) is 19.2 Å². The van der Waals surface area contributed by atoms with E-state index < -0.39 is 47.7 Å². The number of imidazole rings is 1. The van der Waals surface area contributed by atoms with E-state index in [1.807, 2.05) is 0 Å². The first-order chi connectivity index (χ1) is 20.2. The first-order valence-electron chi connectivity index (χ1n) is 12.5. The number of hydrogen-bond acceptors (Lipinski definition) is 7. The maximum absolute atomic E-state index is 14.0. The minimum Gasteiger partial charge on any atom is -0.453 e. The number of anilines is 1. The Morgan fingerprint density at radius 2 is 1.95 bits per heavy atom. The molecule has 232 valence electrons. The zero-order chi connectivity index (χ0) is 31.9. The number of allylic oxidation sites excluding steroid dienone is 1. The average Bonchev–Trinajstić information content (AvgIpc) is 3.34. The molecule has 0 saturated heterocycles. The summed E-state index contributed by atoms with van der Waals surface area (Å²) < 4.78 is 75.8. The van der Waals surface area contributed by atoms with Crippen LogP contribution in [0.1, 0.15) is 18.7 Å². The van der Waals surface area contributed by atoms with E-state index in [2.05, 4.69) is 30.1 Å². The van der Waals surface area contributed by atoms with Gasteiger partial charge in [0, 0.05) is 32.4 Å². The standard InChI is InChI=1S/C26H27F5N6O6/c1-36(2)20(38)9-5-4-7-15(34-25(41)42-3)22(39)33-16-8-6-10-37(23(16)40)13-19-32-17-11-14(27)12-18(21(17)35-19)43-26(30,31)24(28)29/h5-6,8-12,15,24H,4,7,13H2,1-3H3,(H,32,35)(H,33,39)(H,34,41). The SMILES string of the molecule is COC(=O)NC(CCC=CC(=O)N(C)C)C(=O)Nc1cccn(Cc2nc3cc(F)cc(OC(F)(F)C(F)F)c3[nH]2)c1=O. The van der Waals surface area contributed by atoms with Crippen LogP contribution in [0.4, 0.5) is 32.4 Å². The van der Waals surface area contributed by atoms with Crippen molar-refractivity contribution in [3.63, 3.8) is 0 Å². The van der Waals surface area contributed by atoms with Crippen LogP contribution >= 0.6 is 0 Å². The van der Waals surface area contributed by atoms with Crippen LogP contribution in [0.2, 0.25) is 0 Å². The van der Waals surface area contributed by atoms with Gasteiger partial charge in [-0.15, -0.1) is 0 Å². The molecule has 1 atom stereocenters. The molecule has 1 unspecified atom stereocenters. The summed E-state index contributed by atoms with van der Waals surface area (Å²) >= 11 is 0. The summed E-state index contributed by atoms with van der Waals surface area (Å²) in [5.41, 5.74) is -1.49. The van der Waals surface area contributed by atoms with Crippen LogP contribution in [0, 0.1) is 5.82 Å². The van der Waals surface area contributed by atoms with Crippen LogP contribution in [-0.4, -0.2) is 77.1 Å². The van der Waals surface area contributed by atoms with E-state index in [0.29, 0.717) is 6.07 Å². The van der Waals surface area contributed by atoms with Gasteiger partial charge in [0.1, 0.15) is 28.9 Å². The number of ether oxygens (including phenoxy) is 2. The first-order valence-corrected chi connectivity index (χ1v) is 12.5. The number of aromatic nitrogens is 3. The Hall–Kier alpha value is -4.96. The van der Waals surface area contributed by atoms with E-state index in [1.165, 1.54) is 35.4 Å². The number of amides is 3. The summed E-state index contributed by atoms with van der Waals surface area (Å²) in [6.45, 7) is -0.335. The van der Waals surface area contributed by atoms with Gasteiger partial charge in [0.25, 0.3) is 5.56 Å². The molecule has 3 aromatic rings. The van der Waals surface area contributed by atoms with Gasteiger partial charge in [-0.3, -0.25) is 14.4 Å². The highest BCUT2D eigenvalue weighted by Crippen LogP contribution is 2.32. The fourth-order valence-electron chi connectivity index (χ4n) is 3.65. The molecule has 1 aromatic carbocycles. The molecule has 0 bridgehead atoms. The van der Waals surface area contributed by atoms with Crippen LogP contribution in [0.3, 0.4) is 0 Å². The Bertz CT molecular complexity index is 1570. The van der Waals surface area contributed by atoms with Crippen LogP contribution in [0.15, 0.2) is 47.4 Å². The van der Waals surface area contributed by atoms with Crippen molar-refractivity contribution >= 4 is 34.6 Å². The van der Waals surface area contributed by atoms with E-state index in [-0.39, 0.29) is 47.8 Å². The molecule has 0 saturated carbocycles. The molecule has 0 fully saturated rings. The minimum absolute atomic E-state index is 0.0454. The molecule has 43 heavy (non-hydrogen) atoms. The van der Waals surface area contributed by atoms with Gasteiger partial charge in [-0.2, -0.15) is 17.6 Å². The number of aromatic amines is 1. The normalized spacial score (nSPS) is 12.4. The molecular formula is C26H27F5N6O6. The number of pyridine rings is 1. The number of halogens is 5. The number of benzene rings is 1. The molecular weight excluding hydrogens is 587 g/mol. The maximum Gasteiger partial charge on any atom is 0.461 e. The Labute approximate surface area is 240 Å². The second-order valence-corrected chi connectivity index (χ2v) is 9.19. The van der Waals surface area contributed by atoms with Gasteiger partial charge in [-0.1, -0.05) is 6.08 Å². The number of nitrogens with one attached hydrogen (secondary N) is 3. The first kappa shape index (κ1) is 32.6. The Morgan fingerprint density at radius 1 is 1.23 bits per heavy atom. The molecule has 3 N–H and O–H groups in total. The van der Waals surface area contributed by atoms with Crippen LogP contribution < -0.4 is 20.9 Å². The second kappa shape index (κ2) is 13.8. The zero-order valence-electron chi connectivity index (χ0n) is 23.0. The number of alkyl carbamates (subject to hydrolysis) is 1. The van der Waals surface area contributed by atoms with Crippen LogP contribution in [0.5, 0.6) is 5.75 Å². The third-order valence-corrected chi connectivity index (χ3v) is 5.79. The van der Waals surface area contributed by atoms with E-state index in [1.54, 1.807) is 14.1 Å². The summed E-state index contributed by atoms with van der Waals surface area (Å²) in [6, 6.07) is 2.86. The van der Waals surface area contributed by atoms with Gasteiger partial charge in [0.2, 0.25) is 11.8 Å². The Balaban J connectivity index is 1.81. The maximum atomic E-state index is 14.0. The predicted octanol–water partition coefficient (Wildman–Crippen LogP) is 3.24. The van der Waals surface area contributed by atoms with Crippen molar-refractivity contribution in [2.24, 2.45) is 0 Å². The highest BCUT2D eigenvalue weighted by molar-refractivity contribution is 5.96. The smallest absolute Gasteiger partial charge is 0.453 e. The van der Waals surface area contributed by atoms with Crippen molar-refractivity contribution in [3.8, 4) is 5.75 Å². The fraction of sp³-hybridized carbons (Fsp3) is 0.346. The number of carbonyl (C=O) groups is 3. The molecule has 0 spiro atoms. The molecule has 3 rings (SSSR count). The van der Waals surface area contributed by atoms with Crippen LogP contribution in [-0.2, 0) is 20.9 Å². The highest BCUT2D eigenvalue weighted by Gasteiger charge is 2.44. The monoisotopic (exact) mass is 614 g/mol. The summed E-state index contributed by atoms with van der Waals surface area (Å²) in [7, 11) is 4.22. The fourth-order valence-corrected chi connectivity index (χ4v) is 3.65. The number of hydrogen-bond donors (Lipinski definition) is 3. The van der Waals surface area contributed by atoms with Gasteiger partial charge < -0.3 is 34.6 Å². The van der Waals surface area contributed by atoms with Crippen molar-refractivity contribution in [3.05, 3.63) is 64.6 Å². The number of likely N-dealkylation sites (N-methyl/N-ethyl adjacent to an activating group) is 1. The summed E-state index contributed by atoms with van der Waals surface area (Å²) in [5.74, 6) is -3.11. The quantitative estimate of drug-likeness (QED) is 0.210. The van der Waals surface area contributed by atoms with E-state index in [4.69, 9.17) is 0 Å². The third-order valence-electron chi connectivity index (χ3n) is 5.79. The largest absolute Gasteiger partial charge is 0.461 e. The van der Waals surface area contributed by atoms with Gasteiger partial charge in [-0.25, -0.2) is 14.2 Å². The molecule has 12 nitrogen and oxygen atoms in total. The summed E-state index contributed by atoms with van der Waals surface area (Å²) in [4.78, 5) is 57.4. The molecule has 2 heterocycles. The molecule has 0 aliphatic heterocycles. The lowest BCUT2D eigenvalue weighted by Gasteiger charge is -2.17. The van der Waals surface area contributed by atoms with E-state index in [9.17, 15) is 41.1 Å². The summed E-state index contributed by atoms with van der Waals surface area (Å²) in [5, 5.41) is 4.77. The van der Waals surface area contributed by atoms with Crippen LogP contribution in [0.25, 0.3) is 11.0 Å². The van der Waals surface area contributed by atoms with E-state index in [0.717, 1.165) is 17.7 Å². The number of fused-ring (bicyclic) bond motifs is 1. The average molecular weight is 615 g/mol. The Kier molecular flexibility index (Phi) is 10.4. The van der Waals surface area contributed by atoms with Crippen molar-refractivity contribution in [1.29, 1.82) is 0 Å². The van der Waals surface area contributed by atoms with Crippen molar-refractivity contribution in [2.45, 2.75) is 38.0 Å². The lowest BCUT2D eigenvalue weighted by molar-refractivity contribution is -0.252. The topological polar surface area (TPSA) is 148 Å². The van der Waals surface area contributed by atoms with Gasteiger partial charge in [0.15, 0.2) is 5.75 Å². The molecule has 3 amide bonds. The number of rotatable bonds is 12. The van der Waals surface area contributed by atoms with E-state index >= 15 is 0 Å². The van der Waals surface area contributed by atoms with Crippen molar-refractivity contribution in [2.75, 3.05) is 26.5 Å². The number of alkyl halides is 4. The molecule has 17 heteroatoms. The third kappa shape index (κ3) is 8.52. The lowest BCUT2D eigenvalue weighted by atomic mass is 10.1. The molecule has 0 radical (unpaired) electrons. The number of H-pyrrole nitrogens is 1. The predicted molar refractivity (Wildman–Crippen MR) is 142 cm³/mol. The van der Waals surface area contributed by atoms with Gasteiger partial charge in [-0.05, 0) is 31.1 Å². The zero-order valence-corrected chi connectivity index (χ0v) is 23.0. The number of nitrogens with zero attached hydrogens (tertiary/aromatic N) is 3. The number of carbonyl (C=O) groups excluding carboxylic acids is 3. The molecule has 0 aliphatic carbocycles. The molecule has 0 aliphatic rings. The molecule has 2 aromatic heterocycles. The second-order valence-electron chi connectivity index (χ2n) is 9.19. The summed E-state index contributed by atoms with van der Waals surface area (Å²) in [6.07, 6.45) is -5.62. The van der Waals surface area contributed by atoms with Gasteiger partial charge >= 0.3 is 18.6 Å². The minimum atomic E-state index is -4.91. The highest BCUT2D eigenvalue weighted by atomic mass is 19.3. The number of methoxy groups -OCH3 is 1. The van der Waals surface area contributed by atoms with Crippen molar-refractivity contribution in [1.82, 2.24) is 24.8 Å². The lowest BCUT2D eigenvalue weighted by Crippen LogP contribution is -2.44. The Morgan fingerprint density at radius 3 is 2.60 bits per heavy atom.